The van der Waals surface area contributed by atoms with E-state index in [0.29, 0.717) is 38.0 Å². The highest BCUT2D eigenvalue weighted by Gasteiger charge is 2.45. The van der Waals surface area contributed by atoms with E-state index in [0.717, 1.165) is 43.6 Å². The van der Waals surface area contributed by atoms with Crippen molar-refractivity contribution in [3.05, 3.63) is 65.7 Å². The van der Waals surface area contributed by atoms with E-state index in [4.69, 9.17) is 5.26 Å². The summed E-state index contributed by atoms with van der Waals surface area (Å²) >= 11 is 0. The molecule has 172 valence electrons. The molecule has 1 saturated carbocycles. The van der Waals surface area contributed by atoms with Gasteiger partial charge in [-0.1, -0.05) is 43.2 Å². The Balaban J connectivity index is 1.37. The number of rotatable bonds is 5. The Labute approximate surface area is 195 Å². The summed E-state index contributed by atoms with van der Waals surface area (Å²) in [6.45, 7) is 3.32. The van der Waals surface area contributed by atoms with Gasteiger partial charge in [0.05, 0.1) is 11.6 Å². The molecule has 0 aromatic heterocycles. The van der Waals surface area contributed by atoms with Crippen LogP contribution in [-0.2, 0) is 11.3 Å². The van der Waals surface area contributed by atoms with Gasteiger partial charge in [0.25, 0.3) is 0 Å². The predicted octanol–water partition coefficient (Wildman–Crippen LogP) is 3.41. The molecule has 1 heterocycles. The van der Waals surface area contributed by atoms with Crippen molar-refractivity contribution < 1.29 is 9.59 Å². The maximum absolute atomic E-state index is 13.6. The third kappa shape index (κ3) is 5.46. The summed E-state index contributed by atoms with van der Waals surface area (Å²) in [6.07, 6.45) is 4.11. The second-order valence-corrected chi connectivity index (χ2v) is 8.87. The van der Waals surface area contributed by atoms with Gasteiger partial charge in [-0.25, -0.2) is 4.79 Å². The summed E-state index contributed by atoms with van der Waals surface area (Å²) in [5, 5.41) is 15.0. The highest BCUT2D eigenvalue weighted by molar-refractivity contribution is 5.91. The largest absolute Gasteiger partial charge is 0.370 e. The van der Waals surface area contributed by atoms with Gasteiger partial charge in [0.15, 0.2) is 0 Å². The number of hydrogen-bond acceptors (Lipinski definition) is 4. The van der Waals surface area contributed by atoms with Crippen molar-refractivity contribution in [3.63, 3.8) is 0 Å². The van der Waals surface area contributed by atoms with Gasteiger partial charge in [0.1, 0.15) is 5.54 Å². The van der Waals surface area contributed by atoms with Crippen molar-refractivity contribution in [2.24, 2.45) is 0 Å². The molecule has 2 aromatic rings. The molecule has 0 bridgehead atoms. The molecule has 4 rings (SSSR count). The van der Waals surface area contributed by atoms with Crippen LogP contribution < -0.4 is 15.5 Å². The molecule has 2 aromatic carbocycles. The molecule has 0 unspecified atom stereocenters. The summed E-state index contributed by atoms with van der Waals surface area (Å²) in [7, 11) is 0. The van der Waals surface area contributed by atoms with Crippen LogP contribution in [0.1, 0.15) is 43.2 Å². The van der Waals surface area contributed by atoms with Crippen molar-refractivity contribution in [1.29, 1.82) is 5.26 Å². The summed E-state index contributed by atoms with van der Waals surface area (Å²) in [6, 6.07) is 19.2. The van der Waals surface area contributed by atoms with Gasteiger partial charge in [0, 0.05) is 38.4 Å². The zero-order chi connectivity index (χ0) is 23.1. The molecule has 0 radical (unpaired) electrons. The number of amides is 3. The number of nitrogens with one attached hydrogen (secondary N) is 2. The van der Waals surface area contributed by atoms with Gasteiger partial charge in [-0.2, -0.15) is 5.26 Å². The summed E-state index contributed by atoms with van der Waals surface area (Å²) in [4.78, 5) is 30.5. The zero-order valence-electron chi connectivity index (χ0n) is 18.9. The van der Waals surface area contributed by atoms with Gasteiger partial charge in [-0.05, 0) is 49.1 Å². The lowest BCUT2D eigenvalue weighted by Gasteiger charge is -2.34. The number of anilines is 1. The van der Waals surface area contributed by atoms with Gasteiger partial charge >= 0.3 is 6.03 Å². The fraction of sp³-hybridized carbons (Fsp3) is 0.423. The fourth-order valence-electron chi connectivity index (χ4n) is 4.84. The van der Waals surface area contributed by atoms with Crippen molar-refractivity contribution in [1.82, 2.24) is 15.5 Å². The van der Waals surface area contributed by atoms with Crippen LogP contribution in [0.5, 0.6) is 0 Å². The number of hydrogen-bond donors (Lipinski definition) is 2. The van der Waals surface area contributed by atoms with E-state index in [1.807, 2.05) is 59.5 Å². The van der Waals surface area contributed by atoms with Crippen LogP contribution in [0.15, 0.2) is 54.6 Å². The second kappa shape index (κ2) is 10.4. The Bertz CT molecular complexity index is 994. The van der Waals surface area contributed by atoms with Crippen molar-refractivity contribution >= 4 is 17.6 Å². The Hall–Kier alpha value is -3.53. The average molecular weight is 446 g/mol. The molecule has 2 N–H and O–H groups in total. The standard InChI is InChI=1S/C26H31N5O2/c27-19-21-9-11-23(12-10-21)30-15-6-16-31(18-17-30)24(32)26(13-4-5-14-26)29-25(33)28-20-22-7-2-1-3-8-22/h1-3,7-12H,4-6,13-18,20H2,(H2,28,29,33). The lowest BCUT2D eigenvalue weighted by atomic mass is 9.95. The first-order valence-electron chi connectivity index (χ1n) is 11.7. The van der Waals surface area contributed by atoms with Crippen molar-refractivity contribution in [3.8, 4) is 6.07 Å². The van der Waals surface area contributed by atoms with Crippen molar-refractivity contribution in [2.75, 3.05) is 31.1 Å². The van der Waals surface area contributed by atoms with E-state index in [9.17, 15) is 9.59 Å². The smallest absolute Gasteiger partial charge is 0.315 e. The lowest BCUT2D eigenvalue weighted by Crippen LogP contribution is -2.60. The first-order chi connectivity index (χ1) is 16.1. The molecule has 1 aliphatic heterocycles. The Morgan fingerprint density at radius 2 is 1.64 bits per heavy atom. The molecular weight excluding hydrogens is 414 g/mol. The minimum atomic E-state index is -0.815. The number of nitrogens with zero attached hydrogens (tertiary/aromatic N) is 3. The van der Waals surface area contributed by atoms with Gasteiger partial charge in [-0.3, -0.25) is 4.79 Å². The zero-order valence-corrected chi connectivity index (χ0v) is 18.9. The SMILES string of the molecule is N#Cc1ccc(N2CCCN(C(=O)C3(NC(=O)NCc4ccccc4)CCCC3)CC2)cc1. The maximum atomic E-state index is 13.6. The summed E-state index contributed by atoms with van der Waals surface area (Å²) < 4.78 is 0. The molecule has 7 nitrogen and oxygen atoms in total. The lowest BCUT2D eigenvalue weighted by molar-refractivity contribution is -0.137. The van der Waals surface area contributed by atoms with E-state index in [2.05, 4.69) is 21.6 Å². The third-order valence-electron chi connectivity index (χ3n) is 6.66. The third-order valence-corrected chi connectivity index (χ3v) is 6.66. The molecule has 1 saturated heterocycles. The van der Waals surface area contributed by atoms with Crippen LogP contribution in [0.25, 0.3) is 0 Å². The molecule has 2 fully saturated rings. The first kappa shape index (κ1) is 22.7. The van der Waals surface area contributed by atoms with Crippen LogP contribution in [0.3, 0.4) is 0 Å². The van der Waals surface area contributed by atoms with Gasteiger partial charge < -0.3 is 20.4 Å². The van der Waals surface area contributed by atoms with E-state index in [-0.39, 0.29) is 11.9 Å². The van der Waals surface area contributed by atoms with Gasteiger partial charge in [-0.15, -0.1) is 0 Å². The Morgan fingerprint density at radius 1 is 0.909 bits per heavy atom. The highest BCUT2D eigenvalue weighted by Crippen LogP contribution is 2.32. The van der Waals surface area contributed by atoms with E-state index < -0.39 is 5.54 Å². The quantitative estimate of drug-likeness (QED) is 0.738. The molecule has 1 aliphatic carbocycles. The molecule has 0 spiro atoms. The van der Waals surface area contributed by atoms with Crippen LogP contribution in [0.4, 0.5) is 10.5 Å². The molecular formula is C26H31N5O2. The predicted molar refractivity (Wildman–Crippen MR) is 128 cm³/mol. The molecule has 0 atom stereocenters. The average Bonchev–Trinajstić information content (AvgIpc) is 3.19. The highest BCUT2D eigenvalue weighted by atomic mass is 16.2. The number of carbonyl (C=O) groups excluding carboxylic acids is 2. The normalized spacial score (nSPS) is 17.7. The van der Waals surface area contributed by atoms with Crippen LogP contribution in [-0.4, -0.2) is 48.6 Å². The fourth-order valence-corrected chi connectivity index (χ4v) is 4.84. The first-order valence-corrected chi connectivity index (χ1v) is 11.7. The minimum Gasteiger partial charge on any atom is -0.370 e. The van der Waals surface area contributed by atoms with Crippen LogP contribution >= 0.6 is 0 Å². The summed E-state index contributed by atoms with van der Waals surface area (Å²) in [5.41, 5.74) is 1.92. The Morgan fingerprint density at radius 3 is 2.33 bits per heavy atom. The number of urea groups is 1. The van der Waals surface area contributed by atoms with Crippen LogP contribution in [0, 0.1) is 11.3 Å². The maximum Gasteiger partial charge on any atom is 0.315 e. The van der Waals surface area contributed by atoms with Crippen LogP contribution in [0.2, 0.25) is 0 Å². The molecule has 2 aliphatic rings. The summed E-state index contributed by atoms with van der Waals surface area (Å²) in [5.74, 6) is 0.0385. The Kier molecular flexibility index (Phi) is 7.13. The molecule has 3 amide bonds. The van der Waals surface area contributed by atoms with Crippen molar-refractivity contribution in [2.45, 2.75) is 44.2 Å². The van der Waals surface area contributed by atoms with Gasteiger partial charge in [0.2, 0.25) is 5.91 Å². The minimum absolute atomic E-state index is 0.0385. The molecule has 33 heavy (non-hydrogen) atoms. The van der Waals surface area contributed by atoms with E-state index >= 15 is 0 Å². The number of nitriles is 1. The second-order valence-electron chi connectivity index (χ2n) is 8.87. The molecule has 7 heteroatoms. The number of carbonyl (C=O) groups is 2. The van der Waals surface area contributed by atoms with E-state index in [1.165, 1.54) is 0 Å². The van der Waals surface area contributed by atoms with E-state index in [1.54, 1.807) is 0 Å². The monoisotopic (exact) mass is 445 g/mol. The topological polar surface area (TPSA) is 88.5 Å². The number of benzene rings is 2.